The molecule has 2 aliphatic heterocycles. The Labute approximate surface area is 293 Å². The lowest BCUT2D eigenvalue weighted by atomic mass is 9.68. The number of halogens is 6. The minimum Gasteiger partial charge on any atom is -0.484 e. The van der Waals surface area contributed by atoms with Gasteiger partial charge < -0.3 is 15.0 Å². The van der Waals surface area contributed by atoms with Gasteiger partial charge in [-0.05, 0) is 72.2 Å². The number of ether oxygens (including phenoxy) is 1. The van der Waals surface area contributed by atoms with Crippen molar-refractivity contribution in [1.82, 2.24) is 4.98 Å². The number of thiazole rings is 1. The van der Waals surface area contributed by atoms with E-state index in [2.05, 4.69) is 10.3 Å². The molecule has 3 heterocycles. The number of rotatable bonds is 6. The molecule has 2 N–H and O–H groups in total. The average molecular weight is 746 g/mol. The number of imide groups is 1. The Balaban J connectivity index is 1.07. The van der Waals surface area contributed by atoms with Crippen LogP contribution >= 0.6 is 23.1 Å². The van der Waals surface area contributed by atoms with Crippen LogP contribution in [0.2, 0.25) is 0 Å². The number of carbonyl (C=O) groups excluding carboxylic acids is 3. The highest BCUT2D eigenvalue weighted by Gasteiger charge is 2.70. The molecule has 7 atom stereocenters. The SMILES string of the molecule is O=C(COc1cccc([C@H]2c3sc(=O)[nH]c3SC3C2[C@H]2C[C@@H]3C3C(=O)N(c4ccccc4C(F)(F)F)C(=O)C32)c1)Nc1cccc(C(F)(F)F)c1. The second-order valence-corrected chi connectivity index (χ2v) is 15.2. The van der Waals surface area contributed by atoms with E-state index in [9.17, 15) is 45.5 Å². The van der Waals surface area contributed by atoms with Crippen molar-refractivity contribution in [1.29, 1.82) is 0 Å². The Morgan fingerprint density at radius 1 is 0.882 bits per heavy atom. The van der Waals surface area contributed by atoms with E-state index in [1.54, 1.807) is 18.2 Å². The zero-order chi connectivity index (χ0) is 36.0. The Morgan fingerprint density at radius 3 is 2.35 bits per heavy atom. The fraction of sp³-hybridized carbons (Fsp3) is 0.314. The maximum absolute atomic E-state index is 14.0. The number of aromatic nitrogens is 1. The lowest BCUT2D eigenvalue weighted by Crippen LogP contribution is -2.42. The molecular weight excluding hydrogens is 721 g/mol. The van der Waals surface area contributed by atoms with Crippen molar-refractivity contribution < 1.29 is 45.5 Å². The van der Waals surface area contributed by atoms with Gasteiger partial charge in [0, 0.05) is 21.7 Å². The van der Waals surface area contributed by atoms with Crippen LogP contribution in [0, 0.1) is 29.6 Å². The van der Waals surface area contributed by atoms with Crippen LogP contribution in [0.15, 0.2) is 82.6 Å². The number of para-hydroxylation sites is 1. The van der Waals surface area contributed by atoms with Crippen LogP contribution in [-0.4, -0.2) is 34.6 Å². The van der Waals surface area contributed by atoms with Crippen molar-refractivity contribution in [2.45, 2.75) is 35.0 Å². The van der Waals surface area contributed by atoms with Crippen LogP contribution < -0.4 is 19.8 Å². The van der Waals surface area contributed by atoms with Gasteiger partial charge in [-0.3, -0.25) is 19.2 Å². The minimum atomic E-state index is -4.78. The van der Waals surface area contributed by atoms with Crippen molar-refractivity contribution in [2.24, 2.45) is 29.6 Å². The monoisotopic (exact) mass is 745 g/mol. The standard InChI is InChI=1S/C35H25F6N3O5S2/c36-34(37,38)16-6-4-7-17(12-16)42-23(45)14-49-18-8-3-5-15(11-18)24-25-19-13-20(28(25)50-30-29(24)51-33(48)43-30)27-26(19)31(46)44(32(27)47)22-10-2-1-9-21(22)35(39,40)41/h1-12,19-20,24-28H,13-14H2,(H,42,45)(H,43,48)/t19-,20-,24-,25?,26?,27?,28?/m1/s1. The minimum absolute atomic E-state index is 0.0530. The molecule has 3 amide bonds. The molecule has 16 heteroatoms. The maximum Gasteiger partial charge on any atom is 0.418 e. The molecule has 3 fully saturated rings. The highest BCUT2D eigenvalue weighted by molar-refractivity contribution is 8.00. The van der Waals surface area contributed by atoms with Gasteiger partial charge >= 0.3 is 17.2 Å². The van der Waals surface area contributed by atoms with Crippen molar-refractivity contribution >= 4 is 52.2 Å². The Morgan fingerprint density at radius 2 is 1.61 bits per heavy atom. The van der Waals surface area contributed by atoms with Crippen LogP contribution in [0.25, 0.3) is 0 Å². The number of anilines is 2. The maximum atomic E-state index is 14.0. The van der Waals surface area contributed by atoms with E-state index >= 15 is 0 Å². The van der Waals surface area contributed by atoms with Gasteiger partial charge in [-0.15, -0.1) is 11.8 Å². The molecule has 8 rings (SSSR count). The first kappa shape index (κ1) is 33.6. The Kier molecular flexibility index (Phi) is 7.90. The first-order valence-electron chi connectivity index (χ1n) is 15.8. The molecule has 1 saturated heterocycles. The molecule has 51 heavy (non-hydrogen) atoms. The van der Waals surface area contributed by atoms with E-state index < -0.39 is 71.2 Å². The summed E-state index contributed by atoms with van der Waals surface area (Å²) in [5.74, 6) is -4.74. The molecule has 4 aliphatic rings. The fourth-order valence-corrected chi connectivity index (χ4v) is 11.3. The van der Waals surface area contributed by atoms with Gasteiger partial charge in [0.1, 0.15) is 5.75 Å². The third-order valence-electron chi connectivity index (χ3n) is 10.2. The van der Waals surface area contributed by atoms with Crippen molar-refractivity contribution in [3.8, 4) is 5.75 Å². The van der Waals surface area contributed by atoms with Gasteiger partial charge in [-0.1, -0.05) is 41.7 Å². The summed E-state index contributed by atoms with van der Waals surface area (Å²) >= 11 is 2.45. The van der Waals surface area contributed by atoms with E-state index in [0.717, 1.165) is 40.5 Å². The number of nitrogens with zero attached hydrogens (tertiary/aromatic N) is 1. The highest BCUT2D eigenvalue weighted by Crippen LogP contribution is 2.69. The zero-order valence-corrected chi connectivity index (χ0v) is 27.6. The fourth-order valence-electron chi connectivity index (χ4n) is 8.45. The number of hydrogen-bond acceptors (Lipinski definition) is 7. The summed E-state index contributed by atoms with van der Waals surface area (Å²) in [6.45, 7) is -0.519. The molecule has 264 valence electrons. The second kappa shape index (κ2) is 12.0. The first-order chi connectivity index (χ1) is 24.2. The number of amides is 3. The van der Waals surface area contributed by atoms with Crippen molar-refractivity contribution in [3.63, 3.8) is 0 Å². The normalized spacial score (nSPS) is 26.5. The number of thioether (sulfide) groups is 1. The highest BCUT2D eigenvalue weighted by atomic mass is 32.2. The number of hydrogen-bond donors (Lipinski definition) is 2. The van der Waals surface area contributed by atoms with Crippen LogP contribution in [0.4, 0.5) is 37.7 Å². The number of carbonyl (C=O) groups is 3. The lowest BCUT2D eigenvalue weighted by Gasteiger charge is -2.43. The number of fused-ring (bicyclic) bond motifs is 9. The molecule has 4 aromatic rings. The van der Waals surface area contributed by atoms with Crippen LogP contribution in [0.5, 0.6) is 5.75 Å². The molecule has 3 aromatic carbocycles. The average Bonchev–Trinajstić information content (AvgIpc) is 3.82. The molecule has 2 bridgehead atoms. The van der Waals surface area contributed by atoms with Crippen molar-refractivity contribution in [3.05, 3.63) is 104 Å². The van der Waals surface area contributed by atoms with Gasteiger partial charge in [-0.25, -0.2) is 4.90 Å². The first-order valence-corrected chi connectivity index (χ1v) is 17.5. The molecule has 1 aromatic heterocycles. The third kappa shape index (κ3) is 5.62. The van der Waals surface area contributed by atoms with Gasteiger partial charge in [-0.2, -0.15) is 26.3 Å². The van der Waals surface area contributed by atoms with Crippen LogP contribution in [0.3, 0.4) is 0 Å². The zero-order valence-electron chi connectivity index (χ0n) is 26.0. The number of nitrogens with one attached hydrogen (secondary N) is 2. The summed E-state index contributed by atoms with van der Waals surface area (Å²) < 4.78 is 87.0. The largest absolute Gasteiger partial charge is 0.484 e. The predicted octanol–water partition coefficient (Wildman–Crippen LogP) is 7.17. The number of alkyl halides is 6. The molecule has 2 aliphatic carbocycles. The van der Waals surface area contributed by atoms with Gasteiger partial charge in [0.2, 0.25) is 11.8 Å². The summed E-state index contributed by atoms with van der Waals surface area (Å²) in [6, 6.07) is 15.6. The Hall–Kier alpha value is -4.57. The van der Waals surface area contributed by atoms with Crippen molar-refractivity contribution in [2.75, 3.05) is 16.8 Å². The Bertz CT molecular complexity index is 2150. The summed E-state index contributed by atoms with van der Waals surface area (Å²) in [5, 5.41) is 2.80. The topological polar surface area (TPSA) is 109 Å². The van der Waals surface area contributed by atoms with Crippen LogP contribution in [-0.2, 0) is 26.7 Å². The van der Waals surface area contributed by atoms with E-state index in [4.69, 9.17) is 4.74 Å². The summed E-state index contributed by atoms with van der Waals surface area (Å²) in [4.78, 5) is 57.1. The van der Waals surface area contributed by atoms with Gasteiger partial charge in [0.15, 0.2) is 6.61 Å². The molecule has 8 nitrogen and oxygen atoms in total. The smallest absolute Gasteiger partial charge is 0.418 e. The third-order valence-corrected chi connectivity index (χ3v) is 12.8. The molecule has 0 spiro atoms. The lowest BCUT2D eigenvalue weighted by molar-refractivity contribution is -0.138. The predicted molar refractivity (Wildman–Crippen MR) is 174 cm³/mol. The second-order valence-electron chi connectivity index (χ2n) is 13.0. The van der Waals surface area contributed by atoms with E-state index in [1.807, 2.05) is 6.07 Å². The number of benzene rings is 3. The van der Waals surface area contributed by atoms with Gasteiger partial charge in [0.25, 0.3) is 5.91 Å². The molecule has 2 saturated carbocycles. The molecule has 0 radical (unpaired) electrons. The number of H-pyrrole nitrogens is 1. The number of aromatic amines is 1. The van der Waals surface area contributed by atoms with E-state index in [1.165, 1.54) is 36.0 Å². The molecule has 4 unspecified atom stereocenters. The van der Waals surface area contributed by atoms with Crippen LogP contribution in [0.1, 0.15) is 33.9 Å². The van der Waals surface area contributed by atoms with Gasteiger partial charge in [0.05, 0.1) is 33.7 Å². The molecular formula is C35H25F6N3O5S2. The summed E-state index contributed by atoms with van der Waals surface area (Å²) in [6.07, 6.45) is -8.85. The summed E-state index contributed by atoms with van der Waals surface area (Å²) in [5.41, 5.74) is -1.81. The van der Waals surface area contributed by atoms with E-state index in [0.29, 0.717) is 21.9 Å². The van der Waals surface area contributed by atoms with E-state index in [-0.39, 0.29) is 39.3 Å². The quantitative estimate of drug-likeness (QED) is 0.160. The summed E-state index contributed by atoms with van der Waals surface area (Å²) in [7, 11) is 0.